The van der Waals surface area contributed by atoms with E-state index in [1.165, 1.54) is 12.1 Å². The highest BCUT2D eigenvalue weighted by atomic mass is 19.1. The van der Waals surface area contributed by atoms with Crippen LogP contribution in [0.4, 0.5) is 4.39 Å². The fraction of sp³-hybridized carbons (Fsp3) is 0.400. The predicted octanol–water partition coefficient (Wildman–Crippen LogP) is 2.91. The van der Waals surface area contributed by atoms with Gasteiger partial charge in [0.2, 0.25) is 11.8 Å². The average Bonchev–Trinajstić information content (AvgIpc) is 3.10. The number of amides is 1. The molecule has 3 N–H and O–H groups in total. The van der Waals surface area contributed by atoms with Crippen LogP contribution in [-0.4, -0.2) is 23.0 Å². The standard InChI is InChI=1S/C20H25FN4O2/c1-13(2)9-16-10-18(25-24-16)20(26)23-12-14-3-8-19(22-11-14)27-17-6-4-15(21)5-7-17/h3-8,11,13,16,18,24-25H,9-10,12H2,1-2H3,(H,23,26). The van der Waals surface area contributed by atoms with E-state index >= 15 is 0 Å². The van der Waals surface area contributed by atoms with Gasteiger partial charge in [-0.25, -0.2) is 14.8 Å². The van der Waals surface area contributed by atoms with Crippen LogP contribution in [0.2, 0.25) is 0 Å². The van der Waals surface area contributed by atoms with Crippen molar-refractivity contribution in [3.63, 3.8) is 0 Å². The van der Waals surface area contributed by atoms with Gasteiger partial charge in [0.1, 0.15) is 17.6 Å². The summed E-state index contributed by atoms with van der Waals surface area (Å²) >= 11 is 0. The lowest BCUT2D eigenvalue weighted by molar-refractivity contribution is -0.123. The highest BCUT2D eigenvalue weighted by Crippen LogP contribution is 2.19. The number of ether oxygens (including phenoxy) is 1. The van der Waals surface area contributed by atoms with Crippen molar-refractivity contribution >= 4 is 5.91 Å². The van der Waals surface area contributed by atoms with Crippen molar-refractivity contribution in [2.75, 3.05) is 0 Å². The Morgan fingerprint density at radius 2 is 2.04 bits per heavy atom. The van der Waals surface area contributed by atoms with Crippen molar-refractivity contribution in [3.8, 4) is 11.6 Å². The van der Waals surface area contributed by atoms with Crippen LogP contribution in [0.15, 0.2) is 42.6 Å². The molecule has 7 heteroatoms. The van der Waals surface area contributed by atoms with Crippen molar-refractivity contribution in [3.05, 3.63) is 54.0 Å². The van der Waals surface area contributed by atoms with Gasteiger partial charge in [-0.1, -0.05) is 19.9 Å². The number of pyridine rings is 1. The third kappa shape index (κ3) is 5.74. The maximum atomic E-state index is 12.9. The number of nitrogens with zero attached hydrogens (tertiary/aromatic N) is 1. The Kier molecular flexibility index (Phi) is 6.36. The molecule has 144 valence electrons. The Bertz CT molecular complexity index is 750. The largest absolute Gasteiger partial charge is 0.439 e. The number of hydrogen-bond acceptors (Lipinski definition) is 5. The van der Waals surface area contributed by atoms with Gasteiger partial charge in [0, 0.05) is 24.8 Å². The number of aromatic nitrogens is 1. The Balaban J connectivity index is 1.46. The Morgan fingerprint density at radius 3 is 2.70 bits per heavy atom. The van der Waals surface area contributed by atoms with Gasteiger partial charge in [0.25, 0.3) is 0 Å². The third-order valence-electron chi connectivity index (χ3n) is 4.35. The van der Waals surface area contributed by atoms with Gasteiger partial charge in [-0.3, -0.25) is 10.2 Å². The molecule has 2 atom stereocenters. The molecule has 1 fully saturated rings. The Morgan fingerprint density at radius 1 is 1.26 bits per heavy atom. The van der Waals surface area contributed by atoms with Crippen LogP contribution in [0.5, 0.6) is 11.6 Å². The van der Waals surface area contributed by atoms with E-state index in [9.17, 15) is 9.18 Å². The lowest BCUT2D eigenvalue weighted by Crippen LogP contribution is -2.43. The van der Waals surface area contributed by atoms with Crippen LogP contribution in [0, 0.1) is 11.7 Å². The van der Waals surface area contributed by atoms with Gasteiger partial charge in [0.15, 0.2) is 0 Å². The molecule has 1 aliphatic heterocycles. The molecule has 2 aromatic rings. The van der Waals surface area contributed by atoms with Gasteiger partial charge in [0.05, 0.1) is 0 Å². The van der Waals surface area contributed by atoms with Gasteiger partial charge < -0.3 is 10.1 Å². The van der Waals surface area contributed by atoms with E-state index < -0.39 is 0 Å². The SMILES string of the molecule is CC(C)CC1CC(C(=O)NCc2ccc(Oc3ccc(F)cc3)nc2)NN1. The summed E-state index contributed by atoms with van der Waals surface area (Å²) in [6.45, 7) is 4.74. The van der Waals surface area contributed by atoms with Gasteiger partial charge >= 0.3 is 0 Å². The van der Waals surface area contributed by atoms with Crippen molar-refractivity contribution in [1.82, 2.24) is 21.2 Å². The molecule has 6 nitrogen and oxygen atoms in total. The first-order valence-electron chi connectivity index (χ1n) is 9.16. The molecule has 1 aliphatic rings. The zero-order valence-electron chi connectivity index (χ0n) is 15.5. The summed E-state index contributed by atoms with van der Waals surface area (Å²) in [6, 6.07) is 9.41. The van der Waals surface area contributed by atoms with Crippen LogP contribution in [0.1, 0.15) is 32.3 Å². The molecule has 1 aromatic carbocycles. The summed E-state index contributed by atoms with van der Waals surface area (Å²) in [4.78, 5) is 16.5. The minimum atomic E-state index is -0.316. The van der Waals surface area contributed by atoms with Gasteiger partial charge in [-0.05, 0) is 48.6 Å². The molecule has 0 saturated carbocycles. The van der Waals surface area contributed by atoms with Crippen LogP contribution in [0.3, 0.4) is 0 Å². The second-order valence-electron chi connectivity index (χ2n) is 7.18. The number of rotatable bonds is 7. The highest BCUT2D eigenvalue weighted by Gasteiger charge is 2.29. The van der Waals surface area contributed by atoms with E-state index in [2.05, 4.69) is 35.0 Å². The van der Waals surface area contributed by atoms with Crippen LogP contribution < -0.4 is 20.9 Å². The molecule has 0 aliphatic carbocycles. The zero-order valence-corrected chi connectivity index (χ0v) is 15.5. The van der Waals surface area contributed by atoms with Crippen molar-refractivity contribution in [2.45, 2.75) is 45.3 Å². The van der Waals surface area contributed by atoms with Crippen LogP contribution in [0.25, 0.3) is 0 Å². The first-order valence-corrected chi connectivity index (χ1v) is 9.16. The fourth-order valence-electron chi connectivity index (χ4n) is 3.03. The highest BCUT2D eigenvalue weighted by molar-refractivity contribution is 5.82. The number of carbonyl (C=O) groups excluding carboxylic acids is 1. The number of halogens is 1. The maximum absolute atomic E-state index is 12.9. The molecule has 0 radical (unpaired) electrons. The number of hydrogen-bond donors (Lipinski definition) is 3. The first-order chi connectivity index (χ1) is 13.0. The second kappa shape index (κ2) is 8.92. The predicted molar refractivity (Wildman–Crippen MR) is 100 cm³/mol. The third-order valence-corrected chi connectivity index (χ3v) is 4.35. The monoisotopic (exact) mass is 372 g/mol. The van der Waals surface area contributed by atoms with E-state index in [4.69, 9.17) is 4.74 Å². The smallest absolute Gasteiger partial charge is 0.238 e. The molecule has 1 saturated heterocycles. The molecule has 0 bridgehead atoms. The molecule has 27 heavy (non-hydrogen) atoms. The number of nitrogens with one attached hydrogen (secondary N) is 3. The molecule has 3 rings (SSSR count). The molecule has 1 amide bonds. The lowest BCUT2D eigenvalue weighted by Gasteiger charge is -2.12. The maximum Gasteiger partial charge on any atom is 0.238 e. The van der Waals surface area contributed by atoms with Crippen molar-refractivity contribution in [1.29, 1.82) is 0 Å². The topological polar surface area (TPSA) is 75.3 Å². The minimum absolute atomic E-state index is 0.0274. The number of hydrazine groups is 1. The minimum Gasteiger partial charge on any atom is -0.439 e. The molecule has 0 spiro atoms. The van der Waals surface area contributed by atoms with E-state index in [0.717, 1.165) is 18.4 Å². The lowest BCUT2D eigenvalue weighted by atomic mass is 10.00. The van der Waals surface area contributed by atoms with Gasteiger partial charge in [-0.15, -0.1) is 0 Å². The van der Waals surface area contributed by atoms with Crippen LogP contribution >= 0.6 is 0 Å². The number of carbonyl (C=O) groups is 1. The number of benzene rings is 1. The second-order valence-corrected chi connectivity index (χ2v) is 7.18. The summed E-state index contributed by atoms with van der Waals surface area (Å²) in [7, 11) is 0. The van der Waals surface area contributed by atoms with E-state index in [0.29, 0.717) is 30.1 Å². The summed E-state index contributed by atoms with van der Waals surface area (Å²) in [5, 5.41) is 2.93. The summed E-state index contributed by atoms with van der Waals surface area (Å²) < 4.78 is 18.5. The van der Waals surface area contributed by atoms with Crippen molar-refractivity contribution < 1.29 is 13.9 Å². The van der Waals surface area contributed by atoms with E-state index in [1.807, 2.05) is 6.07 Å². The normalized spacial score (nSPS) is 19.3. The fourth-order valence-corrected chi connectivity index (χ4v) is 3.03. The Hall–Kier alpha value is -2.51. The molecular formula is C20H25FN4O2. The van der Waals surface area contributed by atoms with E-state index in [-0.39, 0.29) is 17.8 Å². The quantitative estimate of drug-likeness (QED) is 0.697. The summed E-state index contributed by atoms with van der Waals surface area (Å²) in [6.07, 6.45) is 3.48. The molecule has 2 heterocycles. The molecule has 1 aromatic heterocycles. The van der Waals surface area contributed by atoms with Gasteiger partial charge in [-0.2, -0.15) is 0 Å². The molecule has 2 unspecified atom stereocenters. The zero-order chi connectivity index (χ0) is 19.2. The van der Waals surface area contributed by atoms with E-state index in [1.54, 1.807) is 24.4 Å². The first kappa shape index (κ1) is 19.3. The Labute approximate surface area is 158 Å². The molecular weight excluding hydrogens is 347 g/mol. The van der Waals surface area contributed by atoms with Crippen molar-refractivity contribution in [2.24, 2.45) is 5.92 Å². The van der Waals surface area contributed by atoms with Crippen LogP contribution in [-0.2, 0) is 11.3 Å². The summed E-state index contributed by atoms with van der Waals surface area (Å²) in [5.41, 5.74) is 7.13. The average molecular weight is 372 g/mol. The summed E-state index contributed by atoms with van der Waals surface area (Å²) in [5.74, 6) is 1.17.